The highest BCUT2D eigenvalue weighted by molar-refractivity contribution is 5.79. The summed E-state index contributed by atoms with van der Waals surface area (Å²) in [5.74, 6) is 6.01. The number of rotatable bonds is 2. The number of pyridine rings is 1. The molecule has 0 radical (unpaired) electrons. The van der Waals surface area contributed by atoms with Gasteiger partial charge in [-0.05, 0) is 30.2 Å². The zero-order valence-corrected chi connectivity index (χ0v) is 10.2. The molecule has 0 bridgehead atoms. The van der Waals surface area contributed by atoms with Gasteiger partial charge in [0.05, 0.1) is 5.56 Å². The Bertz CT molecular complexity index is 603. The highest BCUT2D eigenvalue weighted by Gasteiger charge is 1.96. The Morgan fingerprint density at radius 2 is 1.94 bits per heavy atom. The van der Waals surface area contributed by atoms with Gasteiger partial charge in [0.25, 0.3) is 0 Å². The fraction of sp³-hybridized carbons (Fsp3) is 0.125. The lowest BCUT2D eigenvalue weighted by molar-refractivity contribution is 0.112. The van der Waals surface area contributed by atoms with Crippen LogP contribution in [0.4, 0.5) is 0 Å². The molecule has 1 aromatic heterocycles. The van der Waals surface area contributed by atoms with Crippen LogP contribution in [-0.2, 0) is 6.42 Å². The summed E-state index contributed by atoms with van der Waals surface area (Å²) in [6.07, 6.45) is 5.01. The highest BCUT2D eigenvalue weighted by Crippen LogP contribution is 2.05. The van der Waals surface area contributed by atoms with E-state index in [2.05, 4.69) is 35.9 Å². The highest BCUT2D eigenvalue weighted by atomic mass is 16.1. The number of hydrogen-bond acceptors (Lipinski definition) is 2. The molecule has 2 heteroatoms. The largest absolute Gasteiger partial charge is 0.298 e. The average Bonchev–Trinajstić information content (AvgIpc) is 2.46. The van der Waals surface area contributed by atoms with E-state index in [-0.39, 0.29) is 0 Å². The molecule has 0 N–H and O–H groups in total. The first kappa shape index (κ1) is 12.1. The topological polar surface area (TPSA) is 30.0 Å². The first-order valence-electron chi connectivity index (χ1n) is 5.83. The molecule has 2 nitrogen and oxygen atoms in total. The van der Waals surface area contributed by atoms with Crippen molar-refractivity contribution in [2.75, 3.05) is 0 Å². The lowest BCUT2D eigenvalue weighted by atomic mass is 10.1. The van der Waals surface area contributed by atoms with Gasteiger partial charge < -0.3 is 0 Å². The standard InChI is InChI=1S/C16H13NO/c1-2-13-3-5-14(6-4-13)7-8-15-11-17-10-9-16(15)12-18/h3-6,9-12H,2H2,1H3. The molecule has 0 aliphatic rings. The first-order chi connectivity index (χ1) is 8.83. The third-order valence-corrected chi connectivity index (χ3v) is 2.69. The fourth-order valence-corrected chi connectivity index (χ4v) is 1.58. The summed E-state index contributed by atoms with van der Waals surface area (Å²) in [5.41, 5.74) is 3.46. The van der Waals surface area contributed by atoms with Crippen LogP contribution in [0.3, 0.4) is 0 Å². The van der Waals surface area contributed by atoms with Gasteiger partial charge >= 0.3 is 0 Å². The van der Waals surface area contributed by atoms with E-state index < -0.39 is 0 Å². The lowest BCUT2D eigenvalue weighted by Gasteiger charge is -1.96. The van der Waals surface area contributed by atoms with Crippen molar-refractivity contribution in [2.45, 2.75) is 13.3 Å². The Balaban J connectivity index is 2.28. The molecule has 0 spiro atoms. The van der Waals surface area contributed by atoms with Crippen molar-refractivity contribution < 1.29 is 4.79 Å². The number of carbonyl (C=O) groups excluding carboxylic acids is 1. The van der Waals surface area contributed by atoms with Crippen molar-refractivity contribution in [2.24, 2.45) is 0 Å². The van der Waals surface area contributed by atoms with E-state index in [0.717, 1.165) is 18.3 Å². The van der Waals surface area contributed by atoms with E-state index >= 15 is 0 Å². The summed E-state index contributed by atoms with van der Waals surface area (Å²) < 4.78 is 0. The van der Waals surface area contributed by atoms with Crippen LogP contribution in [-0.4, -0.2) is 11.3 Å². The predicted octanol–water partition coefficient (Wildman–Crippen LogP) is 2.86. The van der Waals surface area contributed by atoms with E-state index in [1.165, 1.54) is 5.56 Å². The Morgan fingerprint density at radius 1 is 1.17 bits per heavy atom. The summed E-state index contributed by atoms with van der Waals surface area (Å²) >= 11 is 0. The van der Waals surface area contributed by atoms with Gasteiger partial charge in [-0.3, -0.25) is 9.78 Å². The van der Waals surface area contributed by atoms with Crippen LogP contribution < -0.4 is 0 Å². The Labute approximate surface area is 107 Å². The van der Waals surface area contributed by atoms with Gasteiger partial charge in [-0.1, -0.05) is 30.9 Å². The van der Waals surface area contributed by atoms with Crippen LogP contribution in [0.2, 0.25) is 0 Å². The van der Waals surface area contributed by atoms with Crippen molar-refractivity contribution in [3.05, 3.63) is 65.0 Å². The second-order valence-corrected chi connectivity index (χ2v) is 3.88. The number of benzene rings is 1. The summed E-state index contributed by atoms with van der Waals surface area (Å²) in [6.45, 7) is 2.12. The molecule has 2 rings (SSSR count). The molecular weight excluding hydrogens is 222 g/mol. The monoisotopic (exact) mass is 235 g/mol. The smallest absolute Gasteiger partial charge is 0.151 e. The number of aromatic nitrogens is 1. The van der Waals surface area contributed by atoms with E-state index in [1.807, 2.05) is 12.1 Å². The van der Waals surface area contributed by atoms with Crippen molar-refractivity contribution in [3.63, 3.8) is 0 Å². The van der Waals surface area contributed by atoms with E-state index in [0.29, 0.717) is 11.1 Å². The second kappa shape index (κ2) is 5.79. The van der Waals surface area contributed by atoms with Crippen LogP contribution in [0.25, 0.3) is 0 Å². The van der Waals surface area contributed by atoms with Crippen LogP contribution in [0, 0.1) is 11.8 Å². The third kappa shape index (κ3) is 2.83. The Hall–Kier alpha value is -2.40. The third-order valence-electron chi connectivity index (χ3n) is 2.69. The predicted molar refractivity (Wildman–Crippen MR) is 71.4 cm³/mol. The van der Waals surface area contributed by atoms with Crippen LogP contribution in [0.15, 0.2) is 42.7 Å². The quantitative estimate of drug-likeness (QED) is 0.592. The van der Waals surface area contributed by atoms with Gasteiger partial charge in [0, 0.05) is 23.5 Å². The zero-order valence-electron chi connectivity index (χ0n) is 10.2. The maximum atomic E-state index is 10.8. The zero-order chi connectivity index (χ0) is 12.8. The average molecular weight is 235 g/mol. The van der Waals surface area contributed by atoms with Gasteiger partial charge in [0.1, 0.15) is 0 Å². The number of nitrogens with zero attached hydrogens (tertiary/aromatic N) is 1. The van der Waals surface area contributed by atoms with Gasteiger partial charge in [-0.2, -0.15) is 0 Å². The van der Waals surface area contributed by atoms with Gasteiger partial charge in [-0.25, -0.2) is 0 Å². The summed E-state index contributed by atoms with van der Waals surface area (Å²) in [5, 5.41) is 0. The van der Waals surface area contributed by atoms with Crippen molar-refractivity contribution in [1.82, 2.24) is 4.98 Å². The lowest BCUT2D eigenvalue weighted by Crippen LogP contribution is -1.88. The second-order valence-electron chi connectivity index (χ2n) is 3.88. The number of aryl methyl sites for hydroxylation is 1. The summed E-state index contributed by atoms with van der Waals surface area (Å²) in [6, 6.07) is 9.77. The SMILES string of the molecule is CCc1ccc(C#Cc2cnccc2C=O)cc1. The van der Waals surface area contributed by atoms with Crippen molar-refractivity contribution in [3.8, 4) is 11.8 Å². The minimum atomic E-state index is 0.572. The molecule has 1 heterocycles. The number of hydrogen-bond donors (Lipinski definition) is 0. The van der Waals surface area contributed by atoms with Crippen molar-refractivity contribution >= 4 is 6.29 Å². The van der Waals surface area contributed by atoms with E-state index in [9.17, 15) is 4.79 Å². The van der Waals surface area contributed by atoms with Gasteiger partial charge in [0.15, 0.2) is 6.29 Å². The minimum Gasteiger partial charge on any atom is -0.298 e. The maximum absolute atomic E-state index is 10.8. The number of aldehydes is 1. The Kier molecular flexibility index (Phi) is 3.88. The molecular formula is C16H13NO. The van der Waals surface area contributed by atoms with Crippen LogP contribution >= 0.6 is 0 Å². The molecule has 18 heavy (non-hydrogen) atoms. The molecule has 2 aromatic rings. The Morgan fingerprint density at radius 3 is 2.61 bits per heavy atom. The fourth-order valence-electron chi connectivity index (χ4n) is 1.58. The normalized spacial score (nSPS) is 9.39. The molecule has 0 amide bonds. The molecule has 0 atom stereocenters. The summed E-state index contributed by atoms with van der Waals surface area (Å²) in [7, 11) is 0. The molecule has 0 unspecified atom stereocenters. The van der Waals surface area contributed by atoms with Crippen LogP contribution in [0.5, 0.6) is 0 Å². The molecule has 0 fully saturated rings. The minimum absolute atomic E-state index is 0.572. The van der Waals surface area contributed by atoms with E-state index in [1.54, 1.807) is 18.5 Å². The molecule has 1 aromatic carbocycles. The molecule has 0 saturated carbocycles. The summed E-state index contributed by atoms with van der Waals surface area (Å²) in [4.78, 5) is 14.8. The molecule has 0 aliphatic heterocycles. The first-order valence-corrected chi connectivity index (χ1v) is 5.83. The molecule has 0 saturated heterocycles. The van der Waals surface area contributed by atoms with E-state index in [4.69, 9.17) is 0 Å². The van der Waals surface area contributed by atoms with Gasteiger partial charge in [0.2, 0.25) is 0 Å². The molecule has 0 aliphatic carbocycles. The van der Waals surface area contributed by atoms with Crippen LogP contribution in [0.1, 0.15) is 34.0 Å². The maximum Gasteiger partial charge on any atom is 0.151 e. The molecule has 88 valence electrons. The van der Waals surface area contributed by atoms with Crippen molar-refractivity contribution in [1.29, 1.82) is 0 Å². The van der Waals surface area contributed by atoms with Gasteiger partial charge in [-0.15, -0.1) is 0 Å². The number of carbonyl (C=O) groups is 1.